The highest BCUT2D eigenvalue weighted by Crippen LogP contribution is 2.42. The van der Waals surface area contributed by atoms with Crippen molar-refractivity contribution < 1.29 is 13.2 Å². The van der Waals surface area contributed by atoms with E-state index in [9.17, 15) is 13.2 Å². The number of ketones is 1. The van der Waals surface area contributed by atoms with E-state index < -0.39 is 9.84 Å². The molecule has 0 spiro atoms. The summed E-state index contributed by atoms with van der Waals surface area (Å²) in [5, 5.41) is 3.71. The highest BCUT2D eigenvalue weighted by atomic mass is 32.2. The molecule has 1 aromatic rings. The van der Waals surface area contributed by atoms with Crippen LogP contribution in [0.1, 0.15) is 43.3 Å². The fraction of sp³-hybridized carbons (Fsp3) is 0.615. The first-order valence-corrected chi connectivity index (χ1v) is 9.20. The van der Waals surface area contributed by atoms with E-state index in [2.05, 4.69) is 5.32 Å². The van der Waals surface area contributed by atoms with E-state index >= 15 is 0 Å². The number of sulfone groups is 1. The van der Waals surface area contributed by atoms with Gasteiger partial charge in [-0.15, -0.1) is 11.3 Å². The molecule has 1 aliphatic rings. The van der Waals surface area contributed by atoms with Crippen LogP contribution in [0.2, 0.25) is 0 Å². The van der Waals surface area contributed by atoms with Gasteiger partial charge < -0.3 is 11.1 Å². The third-order valence-corrected chi connectivity index (χ3v) is 6.34. The van der Waals surface area contributed by atoms with Gasteiger partial charge in [0.15, 0.2) is 15.6 Å². The average molecular weight is 316 g/mol. The first-order chi connectivity index (χ1) is 9.27. The molecule has 1 heterocycles. The number of thiophene rings is 1. The summed E-state index contributed by atoms with van der Waals surface area (Å²) in [6, 6.07) is 0.306. The van der Waals surface area contributed by atoms with Crippen LogP contribution < -0.4 is 11.1 Å². The second kappa shape index (κ2) is 5.37. The summed E-state index contributed by atoms with van der Waals surface area (Å²) < 4.78 is 24.5. The Hall–Kier alpha value is -1.08. The molecule has 112 valence electrons. The molecule has 2 rings (SSSR count). The highest BCUT2D eigenvalue weighted by molar-refractivity contribution is 7.92. The summed E-state index contributed by atoms with van der Waals surface area (Å²) in [5.74, 6) is -0.339. The maximum atomic E-state index is 12.2. The highest BCUT2D eigenvalue weighted by Gasteiger charge is 2.32. The van der Waals surface area contributed by atoms with Gasteiger partial charge in [0, 0.05) is 12.0 Å². The molecule has 1 aliphatic carbocycles. The minimum absolute atomic E-state index is 0.0252. The van der Waals surface area contributed by atoms with E-state index in [1.807, 2.05) is 0 Å². The molecule has 20 heavy (non-hydrogen) atoms. The molecule has 0 aliphatic heterocycles. The van der Waals surface area contributed by atoms with Crippen LogP contribution >= 0.6 is 11.3 Å². The van der Waals surface area contributed by atoms with Gasteiger partial charge >= 0.3 is 0 Å². The molecular weight excluding hydrogens is 296 g/mol. The number of nitrogen functional groups attached to an aromatic ring is 1. The monoisotopic (exact) mass is 316 g/mol. The second-order valence-corrected chi connectivity index (χ2v) is 8.58. The minimum Gasteiger partial charge on any atom is -0.396 e. The number of carbonyl (C=O) groups is 1. The van der Waals surface area contributed by atoms with E-state index in [-0.39, 0.29) is 28.0 Å². The lowest BCUT2D eigenvalue weighted by Gasteiger charge is -2.06. The van der Waals surface area contributed by atoms with Crippen LogP contribution in [-0.2, 0) is 9.84 Å². The predicted octanol–water partition coefficient (Wildman–Crippen LogP) is 2.54. The van der Waals surface area contributed by atoms with Gasteiger partial charge in [-0.05, 0) is 12.8 Å². The van der Waals surface area contributed by atoms with E-state index in [0.29, 0.717) is 15.9 Å². The maximum Gasteiger partial charge on any atom is 0.183 e. The minimum atomic E-state index is -3.45. The van der Waals surface area contributed by atoms with Gasteiger partial charge in [-0.3, -0.25) is 4.79 Å². The standard InChI is InChI=1S/C13H20N2O3S2/c1-4-20(17,18)12-9(14)11(10(16)7(2)3)19-13(12)15-8-5-6-8/h7-8,15H,4-6,14H2,1-3H3. The molecule has 0 atom stereocenters. The van der Waals surface area contributed by atoms with Crippen LogP contribution in [0.5, 0.6) is 0 Å². The molecular formula is C13H20N2O3S2. The molecule has 5 nitrogen and oxygen atoms in total. The zero-order valence-electron chi connectivity index (χ0n) is 11.9. The van der Waals surface area contributed by atoms with Crippen LogP contribution in [0.25, 0.3) is 0 Å². The molecule has 1 fully saturated rings. The number of carbonyl (C=O) groups excluding carboxylic acids is 1. The third kappa shape index (κ3) is 2.83. The van der Waals surface area contributed by atoms with Crippen molar-refractivity contribution in [2.24, 2.45) is 5.92 Å². The average Bonchev–Trinajstić information content (AvgIpc) is 3.11. The van der Waals surface area contributed by atoms with Crippen molar-refractivity contribution in [1.29, 1.82) is 0 Å². The van der Waals surface area contributed by atoms with Gasteiger partial charge in [0.25, 0.3) is 0 Å². The normalized spacial score (nSPS) is 15.6. The van der Waals surface area contributed by atoms with Crippen molar-refractivity contribution in [2.75, 3.05) is 16.8 Å². The van der Waals surface area contributed by atoms with Crippen LogP contribution in [0, 0.1) is 5.92 Å². The van der Waals surface area contributed by atoms with Crippen LogP contribution in [0.15, 0.2) is 4.90 Å². The van der Waals surface area contributed by atoms with Crippen molar-refractivity contribution in [1.82, 2.24) is 0 Å². The van der Waals surface area contributed by atoms with Gasteiger partial charge in [0.2, 0.25) is 0 Å². The molecule has 1 aromatic heterocycles. The number of hydrogen-bond acceptors (Lipinski definition) is 6. The van der Waals surface area contributed by atoms with E-state index in [4.69, 9.17) is 5.73 Å². The summed E-state index contributed by atoms with van der Waals surface area (Å²) in [7, 11) is -3.45. The molecule has 3 N–H and O–H groups in total. The number of hydrogen-bond donors (Lipinski definition) is 2. The summed E-state index contributed by atoms with van der Waals surface area (Å²) in [5.41, 5.74) is 6.08. The van der Waals surface area contributed by atoms with Gasteiger partial charge in [-0.25, -0.2) is 8.42 Å². The summed E-state index contributed by atoms with van der Waals surface area (Å²) in [4.78, 5) is 12.6. The Bertz CT molecular complexity index is 628. The molecule has 0 unspecified atom stereocenters. The number of nitrogens with two attached hydrogens (primary N) is 1. The molecule has 0 bridgehead atoms. The third-order valence-electron chi connectivity index (χ3n) is 3.25. The number of Topliss-reactive ketones (excluding diaryl/α,β-unsaturated/α-hetero) is 1. The Morgan fingerprint density at radius 2 is 2.05 bits per heavy atom. The lowest BCUT2D eigenvalue weighted by atomic mass is 10.1. The molecule has 7 heteroatoms. The lowest BCUT2D eigenvalue weighted by Crippen LogP contribution is -2.11. The van der Waals surface area contributed by atoms with Gasteiger partial charge in [0.05, 0.1) is 16.3 Å². The predicted molar refractivity (Wildman–Crippen MR) is 82.3 cm³/mol. The van der Waals surface area contributed by atoms with Gasteiger partial charge in [-0.2, -0.15) is 0 Å². The van der Waals surface area contributed by atoms with E-state index in [1.54, 1.807) is 20.8 Å². The number of anilines is 2. The Kier molecular flexibility index (Phi) is 4.11. The first-order valence-electron chi connectivity index (χ1n) is 6.73. The Morgan fingerprint density at radius 3 is 2.50 bits per heavy atom. The van der Waals surface area contributed by atoms with Crippen molar-refractivity contribution in [3.8, 4) is 0 Å². The van der Waals surface area contributed by atoms with Crippen LogP contribution in [0.4, 0.5) is 10.7 Å². The molecule has 0 aromatic carbocycles. The van der Waals surface area contributed by atoms with Crippen molar-refractivity contribution in [2.45, 2.75) is 44.6 Å². The Morgan fingerprint density at radius 1 is 1.45 bits per heavy atom. The summed E-state index contributed by atoms with van der Waals surface area (Å²) in [6.45, 7) is 5.14. The molecule has 1 saturated carbocycles. The molecule has 0 amide bonds. The zero-order chi connectivity index (χ0) is 15.1. The van der Waals surface area contributed by atoms with Gasteiger partial charge in [-0.1, -0.05) is 20.8 Å². The SMILES string of the molecule is CCS(=O)(=O)c1c(NC2CC2)sc(C(=O)C(C)C)c1N. The Labute approximate surface area is 123 Å². The number of nitrogens with one attached hydrogen (secondary N) is 1. The maximum absolute atomic E-state index is 12.2. The summed E-state index contributed by atoms with van der Waals surface area (Å²) in [6.07, 6.45) is 2.05. The van der Waals surface area contributed by atoms with E-state index in [1.165, 1.54) is 11.3 Å². The van der Waals surface area contributed by atoms with Crippen molar-refractivity contribution >= 4 is 37.6 Å². The lowest BCUT2D eigenvalue weighted by molar-refractivity contribution is 0.0944. The largest absolute Gasteiger partial charge is 0.396 e. The summed E-state index contributed by atoms with van der Waals surface area (Å²) >= 11 is 1.17. The molecule has 0 radical (unpaired) electrons. The fourth-order valence-electron chi connectivity index (χ4n) is 1.84. The zero-order valence-corrected chi connectivity index (χ0v) is 13.5. The van der Waals surface area contributed by atoms with E-state index in [0.717, 1.165) is 12.8 Å². The smallest absolute Gasteiger partial charge is 0.183 e. The quantitative estimate of drug-likeness (QED) is 0.787. The number of rotatable bonds is 6. The Balaban J connectivity index is 2.54. The topological polar surface area (TPSA) is 89.3 Å². The van der Waals surface area contributed by atoms with Crippen LogP contribution in [-0.4, -0.2) is 26.0 Å². The van der Waals surface area contributed by atoms with Crippen molar-refractivity contribution in [3.63, 3.8) is 0 Å². The van der Waals surface area contributed by atoms with Crippen molar-refractivity contribution in [3.05, 3.63) is 4.88 Å². The van der Waals surface area contributed by atoms with Gasteiger partial charge in [0.1, 0.15) is 9.90 Å². The second-order valence-electron chi connectivity index (χ2n) is 5.34. The van der Waals surface area contributed by atoms with Crippen LogP contribution in [0.3, 0.4) is 0 Å². The fourth-order valence-corrected chi connectivity index (χ4v) is 4.65. The molecule has 0 saturated heterocycles. The first kappa shape index (κ1) is 15.3.